The number of carbonyl (C=O) groups is 3. The second-order valence-corrected chi connectivity index (χ2v) is 10.1. The van der Waals surface area contributed by atoms with Gasteiger partial charge in [0, 0.05) is 0 Å². The molecule has 3 rings (SSSR count). The summed E-state index contributed by atoms with van der Waals surface area (Å²) in [5, 5.41) is 0. The van der Waals surface area contributed by atoms with E-state index in [1.54, 1.807) is 20.8 Å². The van der Waals surface area contributed by atoms with Crippen molar-refractivity contribution in [3.8, 4) is 0 Å². The van der Waals surface area contributed by atoms with Gasteiger partial charge in [0.2, 0.25) is 6.10 Å². The van der Waals surface area contributed by atoms with Crippen LogP contribution in [0.1, 0.15) is 55.4 Å². The minimum Gasteiger partial charge on any atom is -0.454 e. The Morgan fingerprint density at radius 3 is 2.29 bits per heavy atom. The van der Waals surface area contributed by atoms with Crippen LogP contribution >= 0.6 is 0 Å². The molecule has 0 spiro atoms. The molecule has 0 saturated carbocycles. The molecule has 0 bridgehead atoms. The minimum absolute atomic E-state index is 0.447. The molecule has 0 N–H and O–H groups in total. The summed E-state index contributed by atoms with van der Waals surface area (Å²) in [6.07, 6.45) is -2.34. The topological polar surface area (TPSA) is 107 Å². The van der Waals surface area contributed by atoms with Crippen molar-refractivity contribution in [1.29, 1.82) is 0 Å². The Bertz CT molecular complexity index is 789. The van der Waals surface area contributed by atoms with Crippen LogP contribution in [-0.4, -0.2) is 61.0 Å². The Labute approximate surface area is 182 Å². The number of allylic oxidation sites excluding steroid dienone is 1. The van der Waals surface area contributed by atoms with E-state index in [0.29, 0.717) is 0 Å². The molecular formula is C22H32O9. The second kappa shape index (κ2) is 7.86. The highest BCUT2D eigenvalue weighted by molar-refractivity contribution is 5.85. The summed E-state index contributed by atoms with van der Waals surface area (Å²) in [6.45, 7) is 14.1. The van der Waals surface area contributed by atoms with E-state index in [-0.39, 0.29) is 0 Å². The van der Waals surface area contributed by atoms with Crippen LogP contribution in [0.3, 0.4) is 0 Å². The number of rotatable bonds is 5. The number of hydrogen-bond acceptors (Lipinski definition) is 9. The van der Waals surface area contributed by atoms with Crippen LogP contribution in [0, 0.1) is 10.8 Å². The van der Waals surface area contributed by atoms with E-state index < -0.39 is 71.8 Å². The van der Waals surface area contributed by atoms with Crippen LogP contribution < -0.4 is 0 Å². The molecule has 3 fully saturated rings. The Kier molecular flexibility index (Phi) is 6.01. The summed E-state index contributed by atoms with van der Waals surface area (Å²) < 4.78 is 32.9. The molecule has 9 heteroatoms. The third-order valence-electron chi connectivity index (χ3n) is 5.95. The molecule has 9 nitrogen and oxygen atoms in total. The maximum atomic E-state index is 12.8. The van der Waals surface area contributed by atoms with Gasteiger partial charge in [0.05, 0.1) is 5.41 Å². The average Bonchev–Trinajstić information content (AvgIpc) is 3.18. The summed E-state index contributed by atoms with van der Waals surface area (Å²) in [6, 6.07) is 0. The fraction of sp³-hybridized carbons (Fsp3) is 0.773. The third kappa shape index (κ3) is 4.49. The first-order valence-electron chi connectivity index (χ1n) is 10.4. The zero-order valence-electron chi connectivity index (χ0n) is 19.3. The van der Waals surface area contributed by atoms with Gasteiger partial charge in [-0.25, -0.2) is 9.59 Å². The summed E-state index contributed by atoms with van der Waals surface area (Å²) in [5.41, 5.74) is -0.443. The number of ether oxygens (including phenoxy) is 6. The minimum atomic E-state index is -1.27. The van der Waals surface area contributed by atoms with Gasteiger partial charge in [0.15, 0.2) is 30.9 Å². The molecular weight excluding hydrogens is 408 g/mol. The molecule has 31 heavy (non-hydrogen) atoms. The van der Waals surface area contributed by atoms with Gasteiger partial charge >= 0.3 is 17.9 Å². The van der Waals surface area contributed by atoms with Crippen molar-refractivity contribution in [3.05, 3.63) is 11.6 Å². The molecule has 174 valence electrons. The lowest BCUT2D eigenvalue weighted by Gasteiger charge is -2.37. The maximum absolute atomic E-state index is 12.8. The van der Waals surface area contributed by atoms with Crippen LogP contribution in [0.2, 0.25) is 0 Å². The lowest BCUT2D eigenvalue weighted by atomic mass is 9.67. The summed E-state index contributed by atoms with van der Waals surface area (Å²) in [5.74, 6) is -3.01. The molecule has 0 aliphatic carbocycles. The lowest BCUT2D eigenvalue weighted by molar-refractivity contribution is -0.217. The van der Waals surface area contributed by atoms with Crippen molar-refractivity contribution in [2.75, 3.05) is 6.61 Å². The molecule has 3 aliphatic rings. The molecule has 0 aromatic carbocycles. The number of fused-ring (bicyclic) bond motifs is 3. The van der Waals surface area contributed by atoms with Crippen molar-refractivity contribution in [2.24, 2.45) is 10.8 Å². The Morgan fingerprint density at radius 2 is 1.71 bits per heavy atom. The van der Waals surface area contributed by atoms with E-state index in [9.17, 15) is 14.4 Å². The normalized spacial score (nSPS) is 33.0. The van der Waals surface area contributed by atoms with Crippen LogP contribution in [0.4, 0.5) is 0 Å². The fourth-order valence-electron chi connectivity index (χ4n) is 3.94. The van der Waals surface area contributed by atoms with Crippen molar-refractivity contribution in [1.82, 2.24) is 0 Å². The van der Waals surface area contributed by atoms with E-state index in [4.69, 9.17) is 28.4 Å². The first kappa shape index (κ1) is 23.7. The first-order valence-corrected chi connectivity index (χ1v) is 10.4. The van der Waals surface area contributed by atoms with Crippen molar-refractivity contribution < 1.29 is 42.8 Å². The third-order valence-corrected chi connectivity index (χ3v) is 5.95. The molecule has 3 aliphatic heterocycles. The van der Waals surface area contributed by atoms with Gasteiger partial charge in [-0.1, -0.05) is 32.4 Å². The van der Waals surface area contributed by atoms with Gasteiger partial charge in [-0.2, -0.15) is 0 Å². The van der Waals surface area contributed by atoms with E-state index in [1.165, 1.54) is 0 Å². The van der Waals surface area contributed by atoms with E-state index in [0.717, 1.165) is 5.57 Å². The monoisotopic (exact) mass is 440 g/mol. The van der Waals surface area contributed by atoms with Gasteiger partial charge in [0.25, 0.3) is 0 Å². The van der Waals surface area contributed by atoms with E-state index >= 15 is 0 Å². The van der Waals surface area contributed by atoms with Crippen LogP contribution in [-0.2, 0) is 42.8 Å². The van der Waals surface area contributed by atoms with Gasteiger partial charge in [-0.05, 0) is 40.0 Å². The molecule has 6 atom stereocenters. The molecule has 3 heterocycles. The number of hydrogen-bond donors (Lipinski definition) is 0. The predicted molar refractivity (Wildman–Crippen MR) is 106 cm³/mol. The molecule has 0 aromatic heterocycles. The lowest BCUT2D eigenvalue weighted by Crippen LogP contribution is -2.42. The maximum Gasteiger partial charge on any atom is 0.350 e. The van der Waals surface area contributed by atoms with Crippen molar-refractivity contribution in [2.45, 2.75) is 91.9 Å². The molecule has 0 aromatic rings. The second-order valence-electron chi connectivity index (χ2n) is 10.1. The van der Waals surface area contributed by atoms with Gasteiger partial charge in [-0.3, -0.25) is 4.79 Å². The summed E-state index contributed by atoms with van der Waals surface area (Å²) >= 11 is 0. The van der Waals surface area contributed by atoms with Gasteiger partial charge in [-0.15, -0.1) is 0 Å². The van der Waals surface area contributed by atoms with Crippen molar-refractivity contribution >= 4 is 17.9 Å². The Hall–Kier alpha value is -1.97. The van der Waals surface area contributed by atoms with E-state index in [2.05, 4.69) is 0 Å². The smallest absolute Gasteiger partial charge is 0.350 e. The van der Waals surface area contributed by atoms with Gasteiger partial charge < -0.3 is 28.4 Å². The Balaban J connectivity index is 1.60. The van der Waals surface area contributed by atoms with Crippen molar-refractivity contribution in [3.63, 3.8) is 0 Å². The summed E-state index contributed by atoms with van der Waals surface area (Å²) in [4.78, 5) is 37.4. The van der Waals surface area contributed by atoms with Crippen LogP contribution in [0.25, 0.3) is 0 Å². The molecule has 3 saturated heterocycles. The fourth-order valence-corrected chi connectivity index (χ4v) is 3.94. The predicted octanol–water partition coefficient (Wildman–Crippen LogP) is 2.26. The average molecular weight is 440 g/mol. The van der Waals surface area contributed by atoms with E-state index in [1.807, 2.05) is 40.7 Å². The van der Waals surface area contributed by atoms with Crippen LogP contribution in [0.5, 0.6) is 0 Å². The summed E-state index contributed by atoms with van der Waals surface area (Å²) in [7, 11) is 0. The highest BCUT2D eigenvalue weighted by Crippen LogP contribution is 2.43. The van der Waals surface area contributed by atoms with Gasteiger partial charge in [0.1, 0.15) is 6.10 Å². The standard InChI is InChI=1S/C22H32O9/c1-11(2)9-22(8,20(3,4)5)19(25)26-10-12(23)27-15-13-14(28-17(15)24)16-18(29-13)31-21(6,7)30-16/h9,13-16,18H,10H2,1-8H3. The molecule has 6 unspecified atom stereocenters. The zero-order valence-corrected chi connectivity index (χ0v) is 19.3. The number of esters is 3. The van der Waals surface area contributed by atoms with Crippen LogP contribution in [0.15, 0.2) is 11.6 Å². The zero-order chi connectivity index (χ0) is 23.4. The SMILES string of the molecule is CC(C)=CC(C)(C(=O)OCC(=O)OC1C(=O)OC2C3OC(C)(C)OC3OC12)C(C)(C)C. The molecule has 0 amide bonds. The largest absolute Gasteiger partial charge is 0.454 e. The Morgan fingerprint density at radius 1 is 1.06 bits per heavy atom. The first-order chi connectivity index (χ1) is 14.1. The highest BCUT2D eigenvalue weighted by Gasteiger charge is 2.64. The quantitative estimate of drug-likeness (QED) is 0.361. The molecule has 0 radical (unpaired) electrons. The number of carbonyl (C=O) groups excluding carboxylic acids is 3. The highest BCUT2D eigenvalue weighted by atomic mass is 16.9.